The summed E-state index contributed by atoms with van der Waals surface area (Å²) in [5, 5.41) is 0. The average molecular weight is 209 g/mol. The molecular weight excluding hydrogens is 182 g/mol. The lowest BCUT2D eigenvalue weighted by molar-refractivity contribution is 0.324. The van der Waals surface area contributed by atoms with Crippen LogP contribution in [-0.2, 0) is 0 Å². The van der Waals surface area contributed by atoms with Crippen molar-refractivity contribution in [3.8, 4) is 0 Å². The third-order valence-corrected chi connectivity index (χ3v) is 3.92. The van der Waals surface area contributed by atoms with E-state index in [0.717, 1.165) is 18.3 Å². The van der Waals surface area contributed by atoms with Gasteiger partial charge in [-0.1, -0.05) is 38.7 Å². The molecule has 3 atom stereocenters. The molecule has 88 valence electrons. The maximum absolute atomic E-state index is 6.26. The van der Waals surface area contributed by atoms with E-state index in [4.69, 9.17) is 5.73 Å². The van der Waals surface area contributed by atoms with Crippen LogP contribution in [0, 0.1) is 11.8 Å². The van der Waals surface area contributed by atoms with Gasteiger partial charge in [-0.15, -0.1) is 6.58 Å². The van der Waals surface area contributed by atoms with E-state index < -0.39 is 0 Å². The monoisotopic (exact) mass is 209 g/mol. The fraction of sp³-hybridized carbons (Fsp3) is 0.857. The fourth-order valence-corrected chi connectivity index (χ4v) is 2.87. The summed E-state index contributed by atoms with van der Waals surface area (Å²) in [5.41, 5.74) is 6.26. The highest BCUT2D eigenvalue weighted by molar-refractivity contribution is 4.82. The quantitative estimate of drug-likeness (QED) is 0.499. The Morgan fingerprint density at radius 2 is 2.13 bits per heavy atom. The van der Waals surface area contributed by atoms with Crippen LogP contribution in [0.3, 0.4) is 0 Å². The van der Waals surface area contributed by atoms with Gasteiger partial charge in [-0.05, 0) is 37.5 Å². The van der Waals surface area contributed by atoms with Gasteiger partial charge in [0.2, 0.25) is 0 Å². The molecule has 1 aliphatic rings. The van der Waals surface area contributed by atoms with Crippen molar-refractivity contribution in [2.75, 3.05) is 0 Å². The predicted molar refractivity (Wildman–Crippen MR) is 67.8 cm³/mol. The molecule has 0 aromatic carbocycles. The van der Waals surface area contributed by atoms with Crippen LogP contribution < -0.4 is 5.73 Å². The number of unbranched alkanes of at least 4 members (excludes halogenated alkanes) is 3. The van der Waals surface area contributed by atoms with Crippen LogP contribution in [0.4, 0.5) is 0 Å². The zero-order chi connectivity index (χ0) is 11.1. The molecule has 3 unspecified atom stereocenters. The largest absolute Gasteiger partial charge is 0.327 e. The van der Waals surface area contributed by atoms with Crippen molar-refractivity contribution < 1.29 is 0 Å². The molecule has 1 nitrogen and oxygen atoms in total. The summed E-state index contributed by atoms with van der Waals surface area (Å²) in [6.45, 7) is 6.11. The second-order valence-electron chi connectivity index (χ2n) is 5.16. The number of rotatable bonds is 7. The van der Waals surface area contributed by atoms with E-state index in [2.05, 4.69) is 13.5 Å². The van der Waals surface area contributed by atoms with Gasteiger partial charge in [0.25, 0.3) is 0 Å². The van der Waals surface area contributed by atoms with Crippen LogP contribution in [0.2, 0.25) is 0 Å². The predicted octanol–water partition coefficient (Wildman–Crippen LogP) is 3.89. The van der Waals surface area contributed by atoms with Crippen molar-refractivity contribution >= 4 is 0 Å². The normalized spacial score (nSPS) is 27.9. The van der Waals surface area contributed by atoms with Crippen molar-refractivity contribution in [3.63, 3.8) is 0 Å². The van der Waals surface area contributed by atoms with Crippen molar-refractivity contribution in [3.05, 3.63) is 12.7 Å². The maximum atomic E-state index is 6.26. The minimum atomic E-state index is 0.464. The third-order valence-electron chi connectivity index (χ3n) is 3.92. The Morgan fingerprint density at radius 3 is 2.73 bits per heavy atom. The van der Waals surface area contributed by atoms with Gasteiger partial charge in [-0.3, -0.25) is 0 Å². The number of nitrogens with two attached hydrogens (primary N) is 1. The molecule has 0 saturated heterocycles. The van der Waals surface area contributed by atoms with E-state index >= 15 is 0 Å². The Kier molecular flexibility index (Phi) is 6.00. The Balaban J connectivity index is 2.07. The van der Waals surface area contributed by atoms with E-state index in [0.29, 0.717) is 6.04 Å². The zero-order valence-corrected chi connectivity index (χ0v) is 10.3. The summed E-state index contributed by atoms with van der Waals surface area (Å²) >= 11 is 0. The SMILES string of the molecule is C=CCCCCCC(N)C1CCCC1C. The van der Waals surface area contributed by atoms with Crippen molar-refractivity contribution in [2.45, 2.75) is 64.3 Å². The maximum Gasteiger partial charge on any atom is 0.00697 e. The van der Waals surface area contributed by atoms with Crippen LogP contribution in [0.25, 0.3) is 0 Å². The Hall–Kier alpha value is -0.300. The van der Waals surface area contributed by atoms with Crippen LogP contribution in [0.5, 0.6) is 0 Å². The summed E-state index contributed by atoms with van der Waals surface area (Å²) in [4.78, 5) is 0. The first kappa shape index (κ1) is 12.8. The highest BCUT2D eigenvalue weighted by Crippen LogP contribution is 2.34. The lowest BCUT2D eigenvalue weighted by Gasteiger charge is -2.23. The lowest BCUT2D eigenvalue weighted by Crippen LogP contribution is -2.31. The minimum absolute atomic E-state index is 0.464. The molecule has 0 amide bonds. The summed E-state index contributed by atoms with van der Waals surface area (Å²) in [6.07, 6.45) is 12.5. The van der Waals surface area contributed by atoms with Gasteiger partial charge in [0.15, 0.2) is 0 Å². The first-order valence-corrected chi connectivity index (χ1v) is 6.62. The number of allylic oxidation sites excluding steroid dienone is 1. The lowest BCUT2D eigenvalue weighted by atomic mass is 9.88. The second-order valence-corrected chi connectivity index (χ2v) is 5.16. The van der Waals surface area contributed by atoms with Crippen LogP contribution in [0.15, 0.2) is 12.7 Å². The summed E-state index contributed by atoms with van der Waals surface area (Å²) in [5.74, 6) is 1.68. The van der Waals surface area contributed by atoms with Gasteiger partial charge in [-0.2, -0.15) is 0 Å². The summed E-state index contributed by atoms with van der Waals surface area (Å²) in [6, 6.07) is 0.464. The molecule has 0 bridgehead atoms. The Morgan fingerprint density at radius 1 is 1.33 bits per heavy atom. The second kappa shape index (κ2) is 7.05. The molecule has 0 heterocycles. The molecule has 0 aliphatic heterocycles. The van der Waals surface area contributed by atoms with Crippen LogP contribution in [0.1, 0.15) is 58.3 Å². The van der Waals surface area contributed by atoms with E-state index in [1.807, 2.05) is 6.08 Å². The minimum Gasteiger partial charge on any atom is -0.327 e. The van der Waals surface area contributed by atoms with Gasteiger partial charge < -0.3 is 5.73 Å². The van der Waals surface area contributed by atoms with Crippen molar-refractivity contribution in [1.82, 2.24) is 0 Å². The molecule has 0 aromatic rings. The highest BCUT2D eigenvalue weighted by Gasteiger charge is 2.27. The topological polar surface area (TPSA) is 26.0 Å². The number of hydrogen-bond acceptors (Lipinski definition) is 1. The summed E-state index contributed by atoms with van der Waals surface area (Å²) < 4.78 is 0. The molecule has 1 fully saturated rings. The van der Waals surface area contributed by atoms with Crippen LogP contribution >= 0.6 is 0 Å². The standard InChI is InChI=1S/C14H27N/c1-3-4-5-6-7-11-14(15)13-10-8-9-12(13)2/h3,12-14H,1,4-11,15H2,2H3. The smallest absolute Gasteiger partial charge is 0.00697 e. The molecule has 15 heavy (non-hydrogen) atoms. The third kappa shape index (κ3) is 4.38. The molecule has 0 aromatic heterocycles. The molecule has 0 radical (unpaired) electrons. The first-order chi connectivity index (χ1) is 7.25. The zero-order valence-electron chi connectivity index (χ0n) is 10.3. The van der Waals surface area contributed by atoms with E-state index in [9.17, 15) is 0 Å². The average Bonchev–Trinajstić information content (AvgIpc) is 2.64. The van der Waals surface area contributed by atoms with Gasteiger partial charge >= 0.3 is 0 Å². The van der Waals surface area contributed by atoms with Crippen molar-refractivity contribution in [2.24, 2.45) is 17.6 Å². The van der Waals surface area contributed by atoms with Crippen LogP contribution in [-0.4, -0.2) is 6.04 Å². The molecule has 1 heteroatoms. The van der Waals surface area contributed by atoms with Gasteiger partial charge in [0.05, 0.1) is 0 Å². The molecule has 1 saturated carbocycles. The molecule has 1 rings (SSSR count). The van der Waals surface area contributed by atoms with E-state index in [1.165, 1.54) is 44.9 Å². The van der Waals surface area contributed by atoms with Gasteiger partial charge in [0, 0.05) is 6.04 Å². The van der Waals surface area contributed by atoms with Crippen molar-refractivity contribution in [1.29, 1.82) is 0 Å². The first-order valence-electron chi connectivity index (χ1n) is 6.62. The Labute approximate surface area is 95.1 Å². The molecule has 2 N–H and O–H groups in total. The van der Waals surface area contributed by atoms with E-state index in [-0.39, 0.29) is 0 Å². The number of hydrogen-bond donors (Lipinski definition) is 1. The highest BCUT2D eigenvalue weighted by atomic mass is 14.7. The fourth-order valence-electron chi connectivity index (χ4n) is 2.87. The van der Waals surface area contributed by atoms with Gasteiger partial charge in [0.1, 0.15) is 0 Å². The molecule has 0 spiro atoms. The van der Waals surface area contributed by atoms with Gasteiger partial charge in [-0.25, -0.2) is 0 Å². The van der Waals surface area contributed by atoms with E-state index in [1.54, 1.807) is 0 Å². The molecular formula is C14H27N. The molecule has 1 aliphatic carbocycles. The Bertz CT molecular complexity index is 176. The summed E-state index contributed by atoms with van der Waals surface area (Å²) in [7, 11) is 0.